The fraction of sp³-hybridized carbons (Fsp3) is 0. The average molecular weight is 325 g/mol. The van der Waals surface area contributed by atoms with Crippen molar-refractivity contribution in [3.63, 3.8) is 0 Å². The van der Waals surface area contributed by atoms with Gasteiger partial charge in [-0.2, -0.15) is 0 Å². The molecule has 2 aromatic rings. The van der Waals surface area contributed by atoms with Gasteiger partial charge in [-0.3, -0.25) is 10.1 Å². The molecule has 0 N–H and O–H groups in total. The second kappa shape index (κ2) is 5.24. The normalized spacial score (nSPS) is 10.8. The second-order valence-corrected chi connectivity index (χ2v) is 4.09. The summed E-state index contributed by atoms with van der Waals surface area (Å²) < 4.78 is 66.2. The number of hydrogen-bond donors (Lipinski definition) is 0. The largest absolute Gasteiger partial charge is 0.307 e. The molecule has 4 nitrogen and oxygen atoms in total. The van der Waals surface area contributed by atoms with Crippen LogP contribution in [0.3, 0.4) is 0 Å². The Labute approximate surface area is 117 Å². The van der Waals surface area contributed by atoms with E-state index in [1.807, 2.05) is 0 Å². The molecule has 0 saturated carbocycles. The molecule has 2 rings (SSSR count). The zero-order valence-corrected chi connectivity index (χ0v) is 10.4. The summed E-state index contributed by atoms with van der Waals surface area (Å²) in [6.07, 6.45) is 0.660. The molecule has 21 heavy (non-hydrogen) atoms. The number of pyridine rings is 1. The summed E-state index contributed by atoms with van der Waals surface area (Å²) in [6.45, 7) is 0. The van der Waals surface area contributed by atoms with Gasteiger partial charge in [-0.05, 0) is 0 Å². The van der Waals surface area contributed by atoms with Gasteiger partial charge in [0, 0.05) is 17.8 Å². The van der Waals surface area contributed by atoms with Gasteiger partial charge in [0.1, 0.15) is 0 Å². The number of nitro groups is 1. The molecule has 0 unspecified atom stereocenters. The van der Waals surface area contributed by atoms with Crippen LogP contribution in [0.4, 0.5) is 27.6 Å². The molecule has 0 amide bonds. The van der Waals surface area contributed by atoms with Crippen molar-refractivity contribution >= 4 is 17.3 Å². The lowest BCUT2D eigenvalue weighted by molar-refractivity contribution is -0.385. The molecule has 110 valence electrons. The maximum absolute atomic E-state index is 13.6. The van der Waals surface area contributed by atoms with Gasteiger partial charge >= 0.3 is 5.69 Å². The van der Waals surface area contributed by atoms with Crippen LogP contribution >= 0.6 is 11.6 Å². The van der Waals surface area contributed by atoms with E-state index in [1.54, 1.807) is 0 Å². The zero-order chi connectivity index (χ0) is 15.9. The van der Waals surface area contributed by atoms with E-state index in [1.165, 1.54) is 0 Å². The van der Waals surface area contributed by atoms with Gasteiger partial charge in [-0.1, -0.05) is 11.6 Å². The van der Waals surface area contributed by atoms with Crippen LogP contribution in [0.5, 0.6) is 0 Å². The Morgan fingerprint density at radius 2 is 1.48 bits per heavy atom. The molecule has 0 radical (unpaired) electrons. The summed E-state index contributed by atoms with van der Waals surface area (Å²) in [5.74, 6) is -10.9. The van der Waals surface area contributed by atoms with Gasteiger partial charge in [0.15, 0.2) is 23.3 Å². The molecule has 0 aliphatic rings. The van der Waals surface area contributed by atoms with E-state index in [2.05, 4.69) is 4.98 Å². The van der Waals surface area contributed by atoms with Gasteiger partial charge in [0.2, 0.25) is 11.0 Å². The molecule has 1 aromatic carbocycles. The molecule has 0 fully saturated rings. The second-order valence-electron chi connectivity index (χ2n) is 3.74. The number of halogens is 6. The Bertz CT molecular complexity index is 740. The Morgan fingerprint density at radius 1 is 1.00 bits per heavy atom. The van der Waals surface area contributed by atoms with Crippen molar-refractivity contribution in [2.75, 3.05) is 0 Å². The summed E-state index contributed by atoms with van der Waals surface area (Å²) in [4.78, 5) is 12.9. The minimum atomic E-state index is -2.33. The van der Waals surface area contributed by atoms with Crippen molar-refractivity contribution < 1.29 is 26.9 Å². The van der Waals surface area contributed by atoms with Crippen molar-refractivity contribution in [2.45, 2.75) is 0 Å². The molecule has 0 aliphatic heterocycles. The first-order chi connectivity index (χ1) is 9.75. The molecule has 1 heterocycles. The van der Waals surface area contributed by atoms with E-state index in [4.69, 9.17) is 11.6 Å². The average Bonchev–Trinajstić information content (AvgIpc) is 2.44. The van der Waals surface area contributed by atoms with E-state index in [-0.39, 0.29) is 0 Å². The van der Waals surface area contributed by atoms with Crippen LogP contribution in [0.15, 0.2) is 12.3 Å². The maximum Gasteiger partial charge on any atom is 0.307 e. The van der Waals surface area contributed by atoms with Crippen LogP contribution in [-0.4, -0.2) is 9.91 Å². The number of rotatable bonds is 2. The first-order valence-corrected chi connectivity index (χ1v) is 5.45. The number of benzene rings is 1. The summed E-state index contributed by atoms with van der Waals surface area (Å²) in [6, 6.07) is 0.563. The SMILES string of the molecule is O=[N+]([O-])c1cc(-c2c(F)c(F)c(F)c(F)c2F)cnc1Cl. The highest BCUT2D eigenvalue weighted by atomic mass is 35.5. The molecule has 0 saturated heterocycles. The Hall–Kier alpha value is -2.29. The highest BCUT2D eigenvalue weighted by molar-refractivity contribution is 6.31. The van der Waals surface area contributed by atoms with Crippen LogP contribution < -0.4 is 0 Å². The first kappa shape index (κ1) is 15.1. The van der Waals surface area contributed by atoms with E-state index in [9.17, 15) is 32.1 Å². The molecule has 1 aromatic heterocycles. The predicted octanol–water partition coefficient (Wildman–Crippen LogP) is 4.01. The van der Waals surface area contributed by atoms with Gasteiger partial charge in [0.05, 0.1) is 10.5 Å². The van der Waals surface area contributed by atoms with Crippen molar-refractivity contribution in [2.24, 2.45) is 0 Å². The summed E-state index contributed by atoms with van der Waals surface area (Å²) in [5.41, 5.74) is -2.82. The minimum Gasteiger partial charge on any atom is -0.258 e. The van der Waals surface area contributed by atoms with E-state index in [0.29, 0.717) is 12.3 Å². The predicted molar refractivity (Wildman–Crippen MR) is 61.1 cm³/mol. The molecular weight excluding hydrogens is 323 g/mol. The Balaban J connectivity index is 2.80. The minimum absolute atomic E-state index is 0.563. The van der Waals surface area contributed by atoms with E-state index in [0.717, 1.165) is 0 Å². The van der Waals surface area contributed by atoms with E-state index >= 15 is 0 Å². The monoisotopic (exact) mass is 324 g/mol. The van der Waals surface area contributed by atoms with Gasteiger partial charge in [-0.15, -0.1) is 0 Å². The number of hydrogen-bond acceptors (Lipinski definition) is 3. The molecule has 0 atom stereocenters. The van der Waals surface area contributed by atoms with Crippen LogP contribution in [0.1, 0.15) is 0 Å². The Kier molecular flexibility index (Phi) is 3.77. The molecule has 0 spiro atoms. The van der Waals surface area contributed by atoms with E-state index < -0.39 is 56.0 Å². The third-order valence-corrected chi connectivity index (χ3v) is 2.81. The lowest BCUT2D eigenvalue weighted by Gasteiger charge is -2.08. The van der Waals surface area contributed by atoms with Crippen LogP contribution in [-0.2, 0) is 0 Å². The lowest BCUT2D eigenvalue weighted by Crippen LogP contribution is -2.04. The summed E-state index contributed by atoms with van der Waals surface area (Å²) >= 11 is 5.40. The Morgan fingerprint density at radius 3 is 1.95 bits per heavy atom. The topological polar surface area (TPSA) is 56.0 Å². The maximum atomic E-state index is 13.6. The highest BCUT2D eigenvalue weighted by Crippen LogP contribution is 2.34. The summed E-state index contributed by atoms with van der Waals surface area (Å²) in [7, 11) is 0. The van der Waals surface area contributed by atoms with Crippen molar-refractivity contribution in [3.05, 3.63) is 56.6 Å². The van der Waals surface area contributed by atoms with Crippen LogP contribution in [0.2, 0.25) is 5.15 Å². The molecule has 10 heteroatoms. The standard InChI is InChI=1S/C11H2ClF5N2O2/c12-11-4(19(20)21)1-3(2-18-11)5-6(13)8(15)10(17)9(16)7(5)14/h1-2H. The number of nitrogens with zero attached hydrogens (tertiary/aromatic N) is 2. The van der Waals surface area contributed by atoms with Crippen LogP contribution in [0, 0.1) is 39.2 Å². The first-order valence-electron chi connectivity index (χ1n) is 5.07. The van der Waals surface area contributed by atoms with Gasteiger partial charge in [0.25, 0.3) is 0 Å². The van der Waals surface area contributed by atoms with Gasteiger partial charge < -0.3 is 0 Å². The van der Waals surface area contributed by atoms with Crippen molar-refractivity contribution in [1.82, 2.24) is 4.98 Å². The quantitative estimate of drug-likeness (QED) is 0.209. The highest BCUT2D eigenvalue weighted by Gasteiger charge is 2.28. The summed E-state index contributed by atoms with van der Waals surface area (Å²) in [5, 5.41) is 10.1. The third-order valence-electron chi connectivity index (χ3n) is 2.52. The molecule has 0 bridgehead atoms. The molecule has 0 aliphatic carbocycles. The molecular formula is C11H2ClF5N2O2. The smallest absolute Gasteiger partial charge is 0.258 e. The van der Waals surface area contributed by atoms with Crippen molar-refractivity contribution in [1.29, 1.82) is 0 Å². The fourth-order valence-electron chi connectivity index (χ4n) is 1.56. The fourth-order valence-corrected chi connectivity index (χ4v) is 1.73. The number of aromatic nitrogens is 1. The zero-order valence-electron chi connectivity index (χ0n) is 9.63. The lowest BCUT2D eigenvalue weighted by atomic mass is 10.0. The van der Waals surface area contributed by atoms with Crippen molar-refractivity contribution in [3.8, 4) is 11.1 Å². The third kappa shape index (κ3) is 2.40. The van der Waals surface area contributed by atoms with Crippen LogP contribution in [0.25, 0.3) is 11.1 Å². The van der Waals surface area contributed by atoms with Gasteiger partial charge in [-0.25, -0.2) is 26.9 Å².